The molecule has 0 N–H and O–H groups in total. The average Bonchev–Trinajstić information content (AvgIpc) is 2.63. The third-order valence-electron chi connectivity index (χ3n) is 4.62. The number of hydrogen-bond acceptors (Lipinski definition) is 4. The van der Waals surface area contributed by atoms with Crippen molar-refractivity contribution in [3.63, 3.8) is 0 Å². The highest BCUT2D eigenvalue weighted by atomic mass is 16.6. The first-order valence-electron chi connectivity index (χ1n) is 8.60. The van der Waals surface area contributed by atoms with Crippen molar-refractivity contribution in [2.45, 2.75) is 38.7 Å². The molecule has 3 rings (SSSR count). The van der Waals surface area contributed by atoms with E-state index in [2.05, 4.69) is 0 Å². The highest BCUT2D eigenvalue weighted by Gasteiger charge is 2.24. The van der Waals surface area contributed by atoms with Crippen LogP contribution in [0.3, 0.4) is 0 Å². The van der Waals surface area contributed by atoms with E-state index in [1.807, 2.05) is 30.3 Å². The van der Waals surface area contributed by atoms with Crippen molar-refractivity contribution in [2.24, 2.45) is 5.92 Å². The summed E-state index contributed by atoms with van der Waals surface area (Å²) < 4.78 is 5.71. The van der Waals surface area contributed by atoms with Gasteiger partial charge in [-0.3, -0.25) is 14.9 Å². The number of Topliss-reactive ketones (excluding diaryl/α,β-unsaturated/α-hetero) is 1. The van der Waals surface area contributed by atoms with Gasteiger partial charge >= 0.3 is 5.69 Å². The Balaban J connectivity index is 1.77. The summed E-state index contributed by atoms with van der Waals surface area (Å²) in [6.45, 7) is 0.271. The third-order valence-corrected chi connectivity index (χ3v) is 4.62. The minimum absolute atomic E-state index is 0.0252. The van der Waals surface area contributed by atoms with Crippen LogP contribution in [0.5, 0.6) is 5.75 Å². The maximum absolute atomic E-state index is 12.0. The molecule has 0 spiro atoms. The lowest BCUT2D eigenvalue weighted by molar-refractivity contribution is -0.386. The van der Waals surface area contributed by atoms with Gasteiger partial charge in [-0.05, 0) is 36.5 Å². The molecular formula is C20H21NO4. The molecule has 1 aliphatic carbocycles. The van der Waals surface area contributed by atoms with Gasteiger partial charge in [-0.25, -0.2) is 0 Å². The Morgan fingerprint density at radius 1 is 1.08 bits per heavy atom. The van der Waals surface area contributed by atoms with Crippen LogP contribution in [0, 0.1) is 16.0 Å². The van der Waals surface area contributed by atoms with Crippen molar-refractivity contribution >= 4 is 11.5 Å². The molecule has 25 heavy (non-hydrogen) atoms. The maximum atomic E-state index is 12.0. The second kappa shape index (κ2) is 7.92. The molecule has 1 fully saturated rings. The molecule has 0 bridgehead atoms. The fourth-order valence-electron chi connectivity index (χ4n) is 3.24. The lowest BCUT2D eigenvalue weighted by Gasteiger charge is -2.20. The van der Waals surface area contributed by atoms with E-state index in [1.165, 1.54) is 6.07 Å². The zero-order valence-corrected chi connectivity index (χ0v) is 14.0. The molecule has 1 aliphatic rings. The van der Waals surface area contributed by atoms with Crippen LogP contribution in [0.4, 0.5) is 5.69 Å². The molecule has 5 nitrogen and oxygen atoms in total. The van der Waals surface area contributed by atoms with Gasteiger partial charge in [-0.15, -0.1) is 0 Å². The number of ketones is 1. The van der Waals surface area contributed by atoms with Gasteiger partial charge in [0.2, 0.25) is 0 Å². The molecule has 2 aromatic rings. The van der Waals surface area contributed by atoms with E-state index in [0.717, 1.165) is 30.4 Å². The minimum Gasteiger partial charge on any atom is -0.482 e. The van der Waals surface area contributed by atoms with E-state index >= 15 is 0 Å². The number of benzene rings is 2. The molecule has 1 saturated carbocycles. The predicted octanol–water partition coefficient (Wildman–Crippen LogP) is 4.48. The number of hydrogen-bond donors (Lipinski definition) is 0. The first kappa shape index (κ1) is 17.1. The van der Waals surface area contributed by atoms with E-state index in [4.69, 9.17) is 4.74 Å². The molecule has 2 aromatic carbocycles. The monoisotopic (exact) mass is 339 g/mol. The third kappa shape index (κ3) is 4.44. The van der Waals surface area contributed by atoms with Gasteiger partial charge < -0.3 is 4.74 Å². The van der Waals surface area contributed by atoms with Gasteiger partial charge in [-0.1, -0.05) is 42.8 Å². The molecule has 0 amide bonds. The topological polar surface area (TPSA) is 69.4 Å². The summed E-state index contributed by atoms with van der Waals surface area (Å²) in [4.78, 5) is 22.9. The van der Waals surface area contributed by atoms with Crippen LogP contribution in [-0.2, 0) is 17.8 Å². The molecule has 0 radical (unpaired) electrons. The van der Waals surface area contributed by atoms with Gasteiger partial charge in [0.1, 0.15) is 12.4 Å². The molecule has 130 valence electrons. The van der Waals surface area contributed by atoms with Crippen LogP contribution in [0.15, 0.2) is 48.5 Å². The molecule has 5 heteroatoms. The standard InChI is InChI=1S/C20H21NO4/c22-19-9-5-4-8-17(19)12-16-10-11-18(21(23)24)20(13-16)25-14-15-6-2-1-3-7-15/h1-3,6-7,10-11,13,17H,4-5,8-9,12,14H2. The van der Waals surface area contributed by atoms with Crippen molar-refractivity contribution in [3.05, 3.63) is 69.8 Å². The number of carbonyl (C=O) groups is 1. The van der Waals surface area contributed by atoms with Gasteiger partial charge in [-0.2, -0.15) is 0 Å². The fourth-order valence-corrected chi connectivity index (χ4v) is 3.24. The summed E-state index contributed by atoms with van der Waals surface area (Å²) in [5, 5.41) is 11.3. The quantitative estimate of drug-likeness (QED) is 0.575. The van der Waals surface area contributed by atoms with E-state index in [1.54, 1.807) is 12.1 Å². The van der Waals surface area contributed by atoms with Gasteiger partial charge in [0.15, 0.2) is 5.75 Å². The van der Waals surface area contributed by atoms with Crippen LogP contribution in [0.2, 0.25) is 0 Å². The predicted molar refractivity (Wildman–Crippen MR) is 94.5 cm³/mol. The molecular weight excluding hydrogens is 318 g/mol. The SMILES string of the molecule is O=C1CCCCC1Cc1ccc([N+](=O)[O-])c(OCc2ccccc2)c1. The van der Waals surface area contributed by atoms with Gasteiger partial charge in [0.05, 0.1) is 4.92 Å². The normalized spacial score (nSPS) is 17.3. The van der Waals surface area contributed by atoms with Crippen LogP contribution in [0.25, 0.3) is 0 Å². The van der Waals surface area contributed by atoms with E-state index < -0.39 is 4.92 Å². The fraction of sp³-hybridized carbons (Fsp3) is 0.350. The van der Waals surface area contributed by atoms with Gasteiger partial charge in [0, 0.05) is 18.4 Å². The van der Waals surface area contributed by atoms with E-state index in [-0.39, 0.29) is 24.0 Å². The van der Waals surface area contributed by atoms with Crippen LogP contribution >= 0.6 is 0 Å². The second-order valence-corrected chi connectivity index (χ2v) is 6.45. The summed E-state index contributed by atoms with van der Waals surface area (Å²) in [6.07, 6.45) is 4.21. The Labute approximate surface area is 146 Å². The Morgan fingerprint density at radius 2 is 1.88 bits per heavy atom. The van der Waals surface area contributed by atoms with Crippen molar-refractivity contribution in [1.82, 2.24) is 0 Å². The summed E-state index contributed by atoms with van der Waals surface area (Å²) >= 11 is 0. The van der Waals surface area contributed by atoms with Crippen molar-refractivity contribution in [1.29, 1.82) is 0 Å². The zero-order valence-electron chi connectivity index (χ0n) is 14.0. The number of nitro groups is 1. The van der Waals surface area contributed by atoms with Crippen molar-refractivity contribution in [2.75, 3.05) is 0 Å². The first-order valence-corrected chi connectivity index (χ1v) is 8.60. The van der Waals surface area contributed by atoms with Crippen LogP contribution in [0.1, 0.15) is 36.8 Å². The second-order valence-electron chi connectivity index (χ2n) is 6.45. The maximum Gasteiger partial charge on any atom is 0.310 e. The molecule has 0 aliphatic heterocycles. The Morgan fingerprint density at radius 3 is 2.60 bits per heavy atom. The lowest BCUT2D eigenvalue weighted by atomic mass is 9.84. The summed E-state index contributed by atoms with van der Waals surface area (Å²) in [5.74, 6) is 0.586. The smallest absolute Gasteiger partial charge is 0.310 e. The van der Waals surface area contributed by atoms with Crippen LogP contribution in [-0.4, -0.2) is 10.7 Å². The van der Waals surface area contributed by atoms with Gasteiger partial charge in [0.25, 0.3) is 0 Å². The number of rotatable bonds is 6. The highest BCUT2D eigenvalue weighted by molar-refractivity contribution is 5.81. The van der Waals surface area contributed by atoms with Crippen LogP contribution < -0.4 is 4.74 Å². The number of nitrogens with zero attached hydrogens (tertiary/aromatic N) is 1. The summed E-state index contributed by atoms with van der Waals surface area (Å²) in [5.41, 5.74) is 1.81. The van der Waals surface area contributed by atoms with E-state index in [9.17, 15) is 14.9 Å². The van der Waals surface area contributed by atoms with Crippen molar-refractivity contribution < 1.29 is 14.5 Å². The number of nitro benzene ring substituents is 1. The lowest BCUT2D eigenvalue weighted by Crippen LogP contribution is -2.21. The molecule has 0 saturated heterocycles. The molecule has 1 unspecified atom stereocenters. The molecule has 0 heterocycles. The minimum atomic E-state index is -0.435. The zero-order chi connectivity index (χ0) is 17.6. The molecule has 0 aromatic heterocycles. The number of carbonyl (C=O) groups excluding carboxylic acids is 1. The first-order chi connectivity index (χ1) is 12.1. The summed E-state index contributed by atoms with van der Waals surface area (Å²) in [7, 11) is 0. The largest absolute Gasteiger partial charge is 0.482 e. The Bertz CT molecular complexity index is 758. The Kier molecular flexibility index (Phi) is 5.43. The van der Waals surface area contributed by atoms with Crippen molar-refractivity contribution in [3.8, 4) is 5.75 Å². The highest BCUT2D eigenvalue weighted by Crippen LogP contribution is 2.31. The average molecular weight is 339 g/mol. The Hall–Kier alpha value is -2.69. The van der Waals surface area contributed by atoms with E-state index in [0.29, 0.717) is 18.6 Å². The summed E-state index contributed by atoms with van der Waals surface area (Å²) in [6, 6.07) is 14.5. The molecule has 1 atom stereocenters. The number of ether oxygens (including phenoxy) is 1.